The van der Waals surface area contributed by atoms with Gasteiger partial charge in [-0.15, -0.1) is 0 Å². The molecule has 0 aliphatic carbocycles. The van der Waals surface area contributed by atoms with Gasteiger partial charge in [0.1, 0.15) is 22.7 Å². The maximum absolute atomic E-state index is 10.5. The van der Waals surface area contributed by atoms with Crippen LogP contribution < -0.4 is 10.1 Å². The average Bonchev–Trinajstić information content (AvgIpc) is 2.90. The third-order valence-electron chi connectivity index (χ3n) is 5.67. The minimum Gasteiger partial charge on any atom is -0.454 e. The van der Waals surface area contributed by atoms with Gasteiger partial charge in [0.05, 0.1) is 5.56 Å². The Morgan fingerprint density at radius 3 is 2.90 bits per heavy atom. The van der Waals surface area contributed by atoms with Crippen molar-refractivity contribution < 1.29 is 14.3 Å². The second-order valence-corrected chi connectivity index (χ2v) is 8.49. The number of para-hydroxylation sites is 1. The van der Waals surface area contributed by atoms with E-state index >= 15 is 0 Å². The predicted molar refractivity (Wildman–Crippen MR) is 120 cm³/mol. The van der Waals surface area contributed by atoms with Gasteiger partial charge in [0.25, 0.3) is 0 Å². The molecule has 2 aromatic rings. The number of benzene rings is 2. The maximum atomic E-state index is 10.5. The quantitative estimate of drug-likeness (QED) is 0.582. The van der Waals surface area contributed by atoms with E-state index in [1.165, 1.54) is 0 Å². The van der Waals surface area contributed by atoms with Gasteiger partial charge in [-0.05, 0) is 51.1 Å². The Bertz CT molecular complexity index is 989. The fourth-order valence-corrected chi connectivity index (χ4v) is 4.00. The van der Waals surface area contributed by atoms with Gasteiger partial charge in [0.2, 0.25) is 0 Å². The van der Waals surface area contributed by atoms with Gasteiger partial charge >= 0.3 is 5.97 Å². The molecular formula is C23H27ClN3O3+. The Hall–Kier alpha value is -2.57. The van der Waals surface area contributed by atoms with E-state index in [0.717, 1.165) is 30.2 Å². The van der Waals surface area contributed by atoms with Crippen molar-refractivity contribution in [2.75, 3.05) is 26.2 Å². The molecule has 0 aromatic heterocycles. The summed E-state index contributed by atoms with van der Waals surface area (Å²) in [5, 5.41) is 4.14. The van der Waals surface area contributed by atoms with E-state index in [-0.39, 0.29) is 12.0 Å². The lowest BCUT2D eigenvalue weighted by molar-refractivity contribution is 0.163. The number of hydrogen-bond acceptors (Lipinski definition) is 5. The average molecular weight is 429 g/mol. The highest BCUT2D eigenvalue weighted by Crippen LogP contribution is 2.40. The summed E-state index contributed by atoms with van der Waals surface area (Å²) in [6, 6.07) is 13.4. The van der Waals surface area contributed by atoms with Crippen molar-refractivity contribution in [1.82, 2.24) is 10.2 Å². The van der Waals surface area contributed by atoms with Gasteiger partial charge in [0.15, 0.2) is 12.4 Å². The summed E-state index contributed by atoms with van der Waals surface area (Å²) in [7, 11) is 0. The third-order valence-corrected chi connectivity index (χ3v) is 5.91. The molecule has 1 unspecified atom stereocenters. The number of carbonyl (C=O) groups excluding carboxylic acids is 1. The molecule has 0 spiro atoms. The molecule has 1 saturated heterocycles. The summed E-state index contributed by atoms with van der Waals surface area (Å²) >= 11 is 6.23. The number of hydrogen-bond donors (Lipinski definition) is 1. The highest BCUT2D eigenvalue weighted by atomic mass is 35.5. The van der Waals surface area contributed by atoms with Crippen LogP contribution in [-0.4, -0.2) is 53.8 Å². The summed E-state index contributed by atoms with van der Waals surface area (Å²) in [4.78, 5) is 17.7. The van der Waals surface area contributed by atoms with Crippen LogP contribution in [0.3, 0.4) is 0 Å². The summed E-state index contributed by atoms with van der Waals surface area (Å²) in [5.41, 5.74) is 1.07. The van der Waals surface area contributed by atoms with Crippen LogP contribution in [0.25, 0.3) is 0 Å². The number of amidine groups is 1. The third kappa shape index (κ3) is 3.89. The molecule has 0 amide bonds. The zero-order chi connectivity index (χ0) is 21.3. The van der Waals surface area contributed by atoms with E-state index in [1.807, 2.05) is 57.2 Å². The first-order valence-electron chi connectivity index (χ1n) is 10.2. The molecule has 0 bridgehead atoms. The zero-order valence-corrected chi connectivity index (χ0v) is 18.2. The number of nitrogens with zero attached hydrogens (tertiary/aromatic N) is 2. The molecular weight excluding hydrogens is 402 g/mol. The molecule has 2 N–H and O–H groups in total. The number of fused-ring (bicyclic) bond motifs is 2. The van der Waals surface area contributed by atoms with Crippen LogP contribution in [-0.2, 0) is 4.74 Å². The molecule has 2 aliphatic heterocycles. The normalized spacial score (nSPS) is 18.5. The van der Waals surface area contributed by atoms with Crippen LogP contribution in [0.4, 0.5) is 5.69 Å². The molecule has 4 rings (SSSR count). The lowest BCUT2D eigenvalue weighted by Gasteiger charge is -2.40. The largest absolute Gasteiger partial charge is 0.490 e. The Kier molecular flexibility index (Phi) is 5.71. The van der Waals surface area contributed by atoms with E-state index in [0.29, 0.717) is 29.6 Å². The van der Waals surface area contributed by atoms with Crippen LogP contribution in [0.1, 0.15) is 26.3 Å². The molecule has 1 fully saturated rings. The number of ether oxygens (including phenoxy) is 2. The van der Waals surface area contributed by atoms with Crippen molar-refractivity contribution in [2.45, 2.75) is 26.8 Å². The Balaban J connectivity index is 1.72. The first kappa shape index (κ1) is 20.7. The number of rotatable bonds is 3. The molecule has 2 aliphatic rings. The van der Waals surface area contributed by atoms with Crippen molar-refractivity contribution in [3.63, 3.8) is 0 Å². The smallest absolute Gasteiger partial charge is 0.454 e. The number of nitrogens with one attached hydrogen (secondary N) is 1. The number of esters is 1. The van der Waals surface area contributed by atoms with Crippen molar-refractivity contribution >= 4 is 29.1 Å². The first-order chi connectivity index (χ1) is 14.4. The highest BCUT2D eigenvalue weighted by molar-refractivity contribution is 6.31. The minimum atomic E-state index is -0.558. The van der Waals surface area contributed by atoms with Crippen molar-refractivity contribution in [3.8, 4) is 11.5 Å². The van der Waals surface area contributed by atoms with Crippen LogP contribution in [0.15, 0.2) is 47.5 Å². The molecule has 2 aromatic carbocycles. The zero-order valence-electron chi connectivity index (χ0n) is 17.5. The Morgan fingerprint density at radius 2 is 2.10 bits per heavy atom. The minimum absolute atomic E-state index is 0.0179. The van der Waals surface area contributed by atoms with Crippen LogP contribution >= 0.6 is 11.6 Å². The summed E-state index contributed by atoms with van der Waals surface area (Å²) in [5.74, 6) is 2.32. The molecule has 6 nitrogen and oxygen atoms in total. The Labute approximate surface area is 181 Å². The van der Waals surface area contributed by atoms with E-state index in [9.17, 15) is 4.79 Å². The maximum Gasteiger partial charge on any atom is 0.490 e. The van der Waals surface area contributed by atoms with Gasteiger partial charge in [-0.2, -0.15) is 0 Å². The lowest BCUT2D eigenvalue weighted by atomic mass is 9.83. The van der Waals surface area contributed by atoms with E-state index in [2.05, 4.69) is 10.2 Å². The topological polar surface area (TPSA) is 67.5 Å². The molecule has 0 radical (unpaired) electrons. The van der Waals surface area contributed by atoms with Gasteiger partial charge < -0.3 is 24.5 Å². The molecule has 1 atom stereocenters. The summed E-state index contributed by atoms with van der Waals surface area (Å²) in [6.45, 7) is 8.48. The van der Waals surface area contributed by atoms with Gasteiger partial charge in [-0.25, -0.2) is 4.99 Å². The number of aliphatic imine (C=N–C) groups is 1. The van der Waals surface area contributed by atoms with Gasteiger partial charge in [-0.1, -0.05) is 23.7 Å². The number of piperazine rings is 1. The van der Waals surface area contributed by atoms with Crippen molar-refractivity contribution in [2.24, 2.45) is 10.4 Å². The second-order valence-electron chi connectivity index (χ2n) is 8.06. The molecule has 30 heavy (non-hydrogen) atoms. The van der Waals surface area contributed by atoms with Gasteiger partial charge in [-0.3, -0.25) is 0 Å². The van der Waals surface area contributed by atoms with Gasteiger partial charge in [0, 0.05) is 30.7 Å². The molecule has 2 heterocycles. The Morgan fingerprint density at radius 1 is 1.30 bits per heavy atom. The van der Waals surface area contributed by atoms with Crippen LogP contribution in [0, 0.1) is 5.41 Å². The highest BCUT2D eigenvalue weighted by Gasteiger charge is 2.46. The van der Waals surface area contributed by atoms with E-state index in [4.69, 9.17) is 26.1 Å². The molecule has 7 heteroatoms. The summed E-state index contributed by atoms with van der Waals surface area (Å²) < 4.78 is 11.6. The van der Waals surface area contributed by atoms with Crippen LogP contribution in [0.5, 0.6) is 11.5 Å². The van der Waals surface area contributed by atoms with E-state index < -0.39 is 5.41 Å². The fourth-order valence-electron chi connectivity index (χ4n) is 3.84. The standard InChI is InChI=1S/C23H26ClN3O3/c1-4-29-22(28)23(2,3)20-14-27(12-11-25-20)21-16-7-5-6-8-18(16)30-19-10-9-15(24)13-17(19)26-21/h5-10,13,20,25H,4,11-12,14H2,1-3H3/p+1. The predicted octanol–water partition coefficient (Wildman–Crippen LogP) is 4.36. The molecule has 158 valence electrons. The monoisotopic (exact) mass is 428 g/mol. The fraction of sp³-hybridized carbons (Fsp3) is 0.391. The lowest BCUT2D eigenvalue weighted by Crippen LogP contribution is -2.60. The first-order valence-corrected chi connectivity index (χ1v) is 10.6. The number of halogens is 1. The second kappa shape index (κ2) is 8.28. The summed E-state index contributed by atoms with van der Waals surface area (Å²) in [6.07, 6.45) is 0. The van der Waals surface area contributed by atoms with Crippen LogP contribution in [0.2, 0.25) is 5.02 Å². The van der Waals surface area contributed by atoms with E-state index in [1.54, 1.807) is 6.07 Å². The SMILES string of the molecule is CCOC(=[OH+])C(C)(C)C1CN(C2=Nc3cc(Cl)ccc3Oc3ccccc32)CCN1. The van der Waals surface area contributed by atoms with Crippen molar-refractivity contribution in [1.29, 1.82) is 0 Å². The molecule has 0 saturated carbocycles. The van der Waals surface area contributed by atoms with Crippen molar-refractivity contribution in [3.05, 3.63) is 53.1 Å².